The van der Waals surface area contributed by atoms with Crippen LogP contribution in [0.15, 0.2) is 30.6 Å². The van der Waals surface area contributed by atoms with Gasteiger partial charge in [-0.25, -0.2) is 0 Å². The Morgan fingerprint density at radius 2 is 0.917 bits per heavy atom. The quantitative estimate of drug-likeness (QED) is 0.354. The molecule has 0 N–H and O–H groups in total. The first kappa shape index (κ1) is 26.1. The van der Waals surface area contributed by atoms with E-state index >= 15 is 0 Å². The first-order chi connectivity index (χ1) is 11.2. The Kier molecular flexibility index (Phi) is 20.8. The van der Waals surface area contributed by atoms with Crippen molar-refractivity contribution in [3.63, 3.8) is 0 Å². The molecule has 0 aromatic carbocycles. The van der Waals surface area contributed by atoms with E-state index < -0.39 is 0 Å². The van der Waals surface area contributed by atoms with Gasteiger partial charge in [-0.05, 0) is 37.8 Å². The molecular formula is C21H41IN2. The van der Waals surface area contributed by atoms with Crippen LogP contribution in [0.3, 0.4) is 0 Å². The molecule has 0 spiro atoms. The van der Waals surface area contributed by atoms with Gasteiger partial charge in [-0.3, -0.25) is 4.98 Å². The predicted octanol–water partition coefficient (Wildman–Crippen LogP) is 3.09. The van der Waals surface area contributed by atoms with Gasteiger partial charge >= 0.3 is 0 Å². The molecule has 0 fully saturated rings. The van der Waals surface area contributed by atoms with Crippen LogP contribution in [-0.4, -0.2) is 35.6 Å². The molecule has 0 radical (unpaired) electrons. The number of unbranched alkanes of at least 4 members (excludes halogenated alkanes) is 4. The fourth-order valence-corrected chi connectivity index (χ4v) is 2.96. The topological polar surface area (TPSA) is 12.9 Å². The Hall–Kier alpha value is -0.160. The molecule has 0 bridgehead atoms. The number of rotatable bonds is 12. The van der Waals surface area contributed by atoms with Gasteiger partial charge < -0.3 is 28.5 Å². The molecule has 1 aromatic rings. The summed E-state index contributed by atoms with van der Waals surface area (Å²) in [5, 5.41) is 0. The molecule has 0 unspecified atom stereocenters. The summed E-state index contributed by atoms with van der Waals surface area (Å²) in [6.07, 6.45) is 14.6. The van der Waals surface area contributed by atoms with Crippen LogP contribution >= 0.6 is 0 Å². The van der Waals surface area contributed by atoms with Gasteiger partial charge in [0.1, 0.15) is 0 Å². The minimum atomic E-state index is 0. The lowest BCUT2D eigenvalue weighted by Gasteiger charge is -2.39. The fourth-order valence-electron chi connectivity index (χ4n) is 2.96. The van der Waals surface area contributed by atoms with E-state index in [9.17, 15) is 0 Å². The van der Waals surface area contributed by atoms with Gasteiger partial charge in [0.2, 0.25) is 0 Å². The van der Waals surface area contributed by atoms with Gasteiger partial charge in [0.15, 0.2) is 0 Å². The van der Waals surface area contributed by atoms with E-state index in [1.807, 2.05) is 18.2 Å². The number of quaternary nitrogens is 1. The van der Waals surface area contributed by atoms with Gasteiger partial charge in [-0.1, -0.05) is 59.4 Å². The second kappa shape index (κ2) is 19.2. The van der Waals surface area contributed by atoms with E-state index in [1.165, 1.54) is 82.0 Å². The average molecular weight is 448 g/mol. The van der Waals surface area contributed by atoms with E-state index in [1.54, 1.807) is 12.4 Å². The second-order valence-electron chi connectivity index (χ2n) is 6.67. The SMILES string of the molecule is CCCC[N+](CCCC)(CCCC)CCCC.[I-].c1ccncc1. The Labute approximate surface area is 169 Å². The zero-order chi connectivity index (χ0) is 17.2. The molecule has 0 aliphatic rings. The molecule has 3 heteroatoms. The molecule has 2 nitrogen and oxygen atoms in total. The molecule has 0 saturated carbocycles. The van der Waals surface area contributed by atoms with E-state index in [0.717, 1.165) is 0 Å². The number of hydrogen-bond acceptors (Lipinski definition) is 1. The first-order valence-electron chi connectivity index (χ1n) is 9.94. The smallest absolute Gasteiger partial charge is 0.0786 e. The molecule has 24 heavy (non-hydrogen) atoms. The Bertz CT molecular complexity index is 266. The maximum absolute atomic E-state index is 3.78. The summed E-state index contributed by atoms with van der Waals surface area (Å²) in [7, 11) is 0. The molecule has 1 heterocycles. The zero-order valence-electron chi connectivity index (χ0n) is 16.6. The number of hydrogen-bond donors (Lipinski definition) is 0. The van der Waals surface area contributed by atoms with Crippen LogP contribution in [-0.2, 0) is 0 Å². The van der Waals surface area contributed by atoms with Crippen LogP contribution in [0.1, 0.15) is 79.1 Å². The highest BCUT2D eigenvalue weighted by atomic mass is 127. The minimum absolute atomic E-state index is 0. The van der Waals surface area contributed by atoms with Crippen molar-refractivity contribution < 1.29 is 28.5 Å². The Morgan fingerprint density at radius 1 is 0.583 bits per heavy atom. The molecule has 1 aromatic heterocycles. The number of nitrogens with zero attached hydrogens (tertiary/aromatic N) is 2. The lowest BCUT2D eigenvalue weighted by molar-refractivity contribution is -0.929. The second-order valence-corrected chi connectivity index (χ2v) is 6.67. The normalized spacial score (nSPS) is 10.5. The van der Waals surface area contributed by atoms with E-state index in [0.29, 0.717) is 0 Å². The van der Waals surface area contributed by atoms with Gasteiger partial charge in [-0.15, -0.1) is 0 Å². The third-order valence-corrected chi connectivity index (χ3v) is 4.51. The molecule has 1 rings (SSSR count). The number of halogens is 1. The van der Waals surface area contributed by atoms with Gasteiger partial charge in [-0.2, -0.15) is 0 Å². The molecule has 0 aliphatic carbocycles. The molecule has 142 valence electrons. The third kappa shape index (κ3) is 14.2. The van der Waals surface area contributed by atoms with Crippen LogP contribution in [0.25, 0.3) is 0 Å². The van der Waals surface area contributed by atoms with Crippen molar-refractivity contribution in [3.8, 4) is 0 Å². The minimum Gasteiger partial charge on any atom is -1.00 e. The summed E-state index contributed by atoms with van der Waals surface area (Å²) in [5.41, 5.74) is 0. The van der Waals surface area contributed by atoms with Crippen molar-refractivity contribution in [2.75, 3.05) is 26.2 Å². The summed E-state index contributed by atoms with van der Waals surface area (Å²) in [5.74, 6) is 0. The van der Waals surface area contributed by atoms with Gasteiger partial charge in [0.25, 0.3) is 0 Å². The zero-order valence-corrected chi connectivity index (χ0v) is 18.8. The lowest BCUT2D eigenvalue weighted by Crippen LogP contribution is -3.00. The maximum Gasteiger partial charge on any atom is 0.0786 e. The van der Waals surface area contributed by atoms with Crippen molar-refractivity contribution in [1.82, 2.24) is 4.98 Å². The lowest BCUT2D eigenvalue weighted by atomic mass is 10.1. The largest absolute Gasteiger partial charge is 1.00 e. The Morgan fingerprint density at radius 3 is 1.08 bits per heavy atom. The summed E-state index contributed by atoms with van der Waals surface area (Å²) in [4.78, 5) is 3.78. The number of aromatic nitrogens is 1. The van der Waals surface area contributed by atoms with E-state index in [4.69, 9.17) is 0 Å². The summed E-state index contributed by atoms with van der Waals surface area (Å²) >= 11 is 0. The highest BCUT2D eigenvalue weighted by molar-refractivity contribution is 4.88. The van der Waals surface area contributed by atoms with E-state index in [-0.39, 0.29) is 24.0 Å². The monoisotopic (exact) mass is 448 g/mol. The molecule has 0 atom stereocenters. The summed E-state index contributed by atoms with van der Waals surface area (Å²) < 4.78 is 1.42. The number of pyridine rings is 1. The highest BCUT2D eigenvalue weighted by Crippen LogP contribution is 2.16. The van der Waals surface area contributed by atoms with Gasteiger partial charge in [0, 0.05) is 12.4 Å². The molecule has 0 aliphatic heterocycles. The van der Waals surface area contributed by atoms with Crippen LogP contribution in [0.5, 0.6) is 0 Å². The van der Waals surface area contributed by atoms with Crippen molar-refractivity contribution in [2.45, 2.75) is 79.1 Å². The van der Waals surface area contributed by atoms with Crippen molar-refractivity contribution in [1.29, 1.82) is 0 Å². The third-order valence-electron chi connectivity index (χ3n) is 4.51. The summed E-state index contributed by atoms with van der Waals surface area (Å²) in [6, 6.07) is 5.72. The van der Waals surface area contributed by atoms with Crippen molar-refractivity contribution >= 4 is 0 Å². The molecule has 0 saturated heterocycles. The van der Waals surface area contributed by atoms with Crippen LogP contribution < -0.4 is 24.0 Å². The van der Waals surface area contributed by atoms with E-state index in [2.05, 4.69) is 32.7 Å². The standard InChI is InChI=1S/C16H36N.C5H5N.HI/c1-5-9-13-17(14-10-6-2,15-11-7-3)16-12-8-4;1-2-4-6-5-3-1;/h5-16H2,1-4H3;1-5H;1H/q+1;;/p-1. The van der Waals surface area contributed by atoms with Crippen LogP contribution in [0, 0.1) is 0 Å². The fraction of sp³-hybridized carbons (Fsp3) is 0.762. The molecule has 0 amide bonds. The average Bonchev–Trinajstić information content (AvgIpc) is 2.62. The van der Waals surface area contributed by atoms with Crippen LogP contribution in [0.2, 0.25) is 0 Å². The maximum atomic E-state index is 3.78. The van der Waals surface area contributed by atoms with Gasteiger partial charge in [0.05, 0.1) is 26.2 Å². The summed E-state index contributed by atoms with van der Waals surface area (Å²) in [6.45, 7) is 15.0. The highest BCUT2D eigenvalue weighted by Gasteiger charge is 2.24. The molecular weight excluding hydrogens is 407 g/mol. The van der Waals surface area contributed by atoms with Crippen molar-refractivity contribution in [3.05, 3.63) is 30.6 Å². The predicted molar refractivity (Wildman–Crippen MR) is 104 cm³/mol. The Balaban J connectivity index is 0. The van der Waals surface area contributed by atoms with Crippen molar-refractivity contribution in [2.24, 2.45) is 0 Å². The van der Waals surface area contributed by atoms with Crippen LogP contribution in [0.4, 0.5) is 0 Å². The first-order valence-corrected chi connectivity index (χ1v) is 9.94.